The van der Waals surface area contributed by atoms with E-state index in [1.54, 1.807) is 0 Å². The first-order valence-electron chi connectivity index (χ1n) is 34.2. The van der Waals surface area contributed by atoms with E-state index in [9.17, 15) is 0 Å². The number of benzene rings is 12. The molecule has 12 aromatic carbocycles. The highest BCUT2D eigenvalue weighted by molar-refractivity contribution is 5.83. The lowest BCUT2D eigenvalue weighted by Gasteiger charge is -2.27. The van der Waals surface area contributed by atoms with Crippen molar-refractivity contribution in [3.05, 3.63) is 329 Å². The molecule has 0 radical (unpaired) electrons. The average molecular weight is 1360 g/mol. The molecule has 0 amide bonds. The Morgan fingerprint density at radius 2 is 0.549 bits per heavy atom. The number of para-hydroxylation sites is 2. The van der Waals surface area contributed by atoms with Gasteiger partial charge in [0.15, 0.2) is 6.79 Å². The normalized spacial score (nSPS) is 10.8. The van der Waals surface area contributed by atoms with Crippen molar-refractivity contribution < 1.29 is 47.4 Å². The van der Waals surface area contributed by atoms with Crippen LogP contribution in [0.15, 0.2) is 329 Å². The molecule has 0 N–H and O–H groups in total. The second-order valence-electron chi connectivity index (χ2n) is 23.3. The zero-order valence-corrected chi connectivity index (χ0v) is 57.4. The summed E-state index contributed by atoms with van der Waals surface area (Å²) in [6, 6.07) is 102. The van der Waals surface area contributed by atoms with Gasteiger partial charge in [0, 0.05) is 111 Å². The topological polar surface area (TPSA) is 105 Å². The van der Waals surface area contributed by atoms with E-state index in [0.29, 0.717) is 87.4 Å². The van der Waals surface area contributed by atoms with Crippen LogP contribution >= 0.6 is 0 Å². The summed E-state index contributed by atoms with van der Waals surface area (Å²) in [7, 11) is 0. The molecule has 14 nitrogen and oxygen atoms in total. The van der Waals surface area contributed by atoms with Crippen LogP contribution in [0.4, 0.5) is 68.2 Å². The molecular formula is C88H82N4O10. The zero-order chi connectivity index (χ0) is 69.9. The molecular weight excluding hydrogens is 1270 g/mol. The van der Waals surface area contributed by atoms with Crippen LogP contribution in [0.1, 0.15) is 20.3 Å². The van der Waals surface area contributed by atoms with Crippen molar-refractivity contribution >= 4 is 68.2 Å². The van der Waals surface area contributed by atoms with E-state index in [1.807, 2.05) is 177 Å². The van der Waals surface area contributed by atoms with Crippen LogP contribution in [0.3, 0.4) is 0 Å². The Bertz CT molecular complexity index is 4580. The molecule has 0 atom stereocenters. The van der Waals surface area contributed by atoms with Crippen molar-refractivity contribution in [2.24, 2.45) is 0 Å². The van der Waals surface area contributed by atoms with E-state index in [0.717, 1.165) is 97.3 Å². The van der Waals surface area contributed by atoms with Crippen LogP contribution < -0.4 is 48.0 Å². The van der Waals surface area contributed by atoms with Gasteiger partial charge in [-0.05, 0) is 194 Å². The van der Waals surface area contributed by atoms with Crippen molar-refractivity contribution in [3.8, 4) is 57.1 Å². The minimum atomic E-state index is 0.187. The lowest BCUT2D eigenvalue weighted by Crippen LogP contribution is -2.11. The van der Waals surface area contributed by atoms with Crippen LogP contribution in [-0.2, 0) is 18.9 Å². The number of anilines is 12. The molecule has 102 heavy (non-hydrogen) atoms. The molecule has 12 rings (SSSR count). The van der Waals surface area contributed by atoms with Crippen molar-refractivity contribution in [3.63, 3.8) is 0 Å². The summed E-state index contributed by atoms with van der Waals surface area (Å²) in [5, 5.41) is 0. The molecule has 0 spiro atoms. The maximum absolute atomic E-state index is 6.71. The molecule has 0 bridgehead atoms. The lowest BCUT2D eigenvalue weighted by atomic mass is 10.0. The number of rotatable bonds is 37. The number of hydrogen-bond donors (Lipinski definition) is 0. The second-order valence-corrected chi connectivity index (χ2v) is 23.3. The molecule has 0 saturated carbocycles. The molecule has 0 heterocycles. The first-order valence-corrected chi connectivity index (χ1v) is 34.2. The Morgan fingerprint density at radius 3 is 0.892 bits per heavy atom. The molecule has 0 fully saturated rings. The van der Waals surface area contributed by atoms with Crippen LogP contribution in [-0.4, -0.2) is 59.6 Å². The predicted molar refractivity (Wildman–Crippen MR) is 411 cm³/mol. The maximum atomic E-state index is 6.71. The fourth-order valence-corrected chi connectivity index (χ4v) is 11.6. The SMILES string of the molecule is C=COCCOc1cccc(N(c2ccc(Oc3cccc(N(c4ccc(-c5ccc(N(c6ccccc6)c6ccc(Oc7cccc(N(c8ccccc8)c8cccc(OCOCCC)c8)c7)cc6)cc5)cc4)c4cccc(OCCOC=C)c4)c3)cc2)c2cccc(OCCOCC)c2)c1. The van der Waals surface area contributed by atoms with E-state index < -0.39 is 0 Å². The molecule has 0 saturated heterocycles. The van der Waals surface area contributed by atoms with E-state index in [4.69, 9.17) is 47.4 Å². The predicted octanol–water partition coefficient (Wildman–Crippen LogP) is 23.1. The van der Waals surface area contributed by atoms with Gasteiger partial charge in [-0.15, -0.1) is 0 Å². The first-order chi connectivity index (χ1) is 50.4. The quantitative estimate of drug-likeness (QED) is 0.0210. The largest absolute Gasteiger partial charge is 0.498 e. The third kappa shape index (κ3) is 18.7. The smallest absolute Gasteiger partial charge is 0.189 e. The van der Waals surface area contributed by atoms with E-state index in [-0.39, 0.29) is 6.79 Å². The van der Waals surface area contributed by atoms with Gasteiger partial charge in [0.05, 0.1) is 25.7 Å². The highest BCUT2D eigenvalue weighted by Crippen LogP contribution is 2.44. The molecule has 14 heteroatoms. The minimum Gasteiger partial charge on any atom is -0.498 e. The summed E-state index contributed by atoms with van der Waals surface area (Å²) in [6.45, 7) is 15.2. The highest BCUT2D eigenvalue weighted by atomic mass is 16.7. The second kappa shape index (κ2) is 35.9. The van der Waals surface area contributed by atoms with Gasteiger partial charge in [-0.3, -0.25) is 0 Å². The van der Waals surface area contributed by atoms with E-state index >= 15 is 0 Å². The first kappa shape index (κ1) is 69.5. The third-order valence-corrected chi connectivity index (χ3v) is 16.3. The molecule has 514 valence electrons. The zero-order valence-electron chi connectivity index (χ0n) is 57.4. The van der Waals surface area contributed by atoms with Crippen molar-refractivity contribution in [1.82, 2.24) is 0 Å². The Kier molecular flexibility index (Phi) is 24.5. The van der Waals surface area contributed by atoms with Gasteiger partial charge in [-0.2, -0.15) is 0 Å². The number of hydrogen-bond acceptors (Lipinski definition) is 14. The Morgan fingerprint density at radius 1 is 0.255 bits per heavy atom. The highest BCUT2D eigenvalue weighted by Gasteiger charge is 2.20. The van der Waals surface area contributed by atoms with Crippen LogP contribution in [0.2, 0.25) is 0 Å². The van der Waals surface area contributed by atoms with Crippen LogP contribution in [0, 0.1) is 0 Å². The third-order valence-electron chi connectivity index (χ3n) is 16.3. The van der Waals surface area contributed by atoms with E-state index in [2.05, 4.69) is 173 Å². The Balaban J connectivity index is 0.779. The number of nitrogens with zero attached hydrogens (tertiary/aromatic N) is 4. The fourth-order valence-electron chi connectivity index (χ4n) is 11.6. The van der Waals surface area contributed by atoms with Gasteiger partial charge < -0.3 is 67.0 Å². The molecule has 0 aromatic heterocycles. The molecule has 0 aliphatic heterocycles. The van der Waals surface area contributed by atoms with Gasteiger partial charge in [0.2, 0.25) is 0 Å². The van der Waals surface area contributed by atoms with Crippen molar-refractivity contribution in [2.75, 3.05) is 79.2 Å². The molecule has 0 aliphatic rings. The van der Waals surface area contributed by atoms with Gasteiger partial charge in [-0.1, -0.05) is 117 Å². The summed E-state index contributed by atoms with van der Waals surface area (Å²) >= 11 is 0. The fraction of sp³-hybridized carbons (Fsp3) is 0.136. The van der Waals surface area contributed by atoms with Crippen molar-refractivity contribution in [1.29, 1.82) is 0 Å². The lowest BCUT2D eigenvalue weighted by molar-refractivity contribution is 0.0157. The monoisotopic (exact) mass is 1350 g/mol. The number of ether oxygens (including phenoxy) is 10. The average Bonchev–Trinajstić information content (AvgIpc) is 0.813. The minimum absolute atomic E-state index is 0.187. The summed E-state index contributed by atoms with van der Waals surface area (Å²) in [5.74, 6) is 5.55. The van der Waals surface area contributed by atoms with E-state index in [1.165, 1.54) is 12.5 Å². The molecule has 12 aromatic rings. The van der Waals surface area contributed by atoms with Gasteiger partial charge in [0.25, 0.3) is 0 Å². The van der Waals surface area contributed by atoms with Crippen LogP contribution in [0.5, 0.6) is 46.0 Å². The van der Waals surface area contributed by atoms with Crippen molar-refractivity contribution in [2.45, 2.75) is 20.3 Å². The summed E-state index contributed by atoms with van der Waals surface area (Å²) < 4.78 is 59.6. The van der Waals surface area contributed by atoms with Gasteiger partial charge in [0.1, 0.15) is 79.0 Å². The standard InChI is InChI=1S/C88H82N4O10/c1-5-53-96-66-100-86-34-18-28-78(63-86)90(70-23-13-10-14-24-70)79-29-19-35-87(64-79)101-81-49-45-73(46-50-81)89(69-21-11-9-12-22-69)71-41-37-67(38-42-71)68-39-43-72(44-40-68)91(75-25-15-31-83(60-75)97-57-54-93-6-2)80-30-20-36-88(65-80)102-82-51-47-74(48-52-82)92(76-26-16-32-84(61-76)98-58-55-94-7-3)77-27-17-33-85(62-77)99-59-56-95-8-4/h6-7,9-52,60-65H,2-3,5,8,53-59,66H2,1,4H3. The Hall–Kier alpha value is -12.4. The van der Waals surface area contributed by atoms with Gasteiger partial charge >= 0.3 is 0 Å². The summed E-state index contributed by atoms with van der Waals surface area (Å²) in [5.41, 5.74) is 13.3. The maximum Gasteiger partial charge on any atom is 0.189 e. The van der Waals surface area contributed by atoms with Crippen LogP contribution in [0.25, 0.3) is 11.1 Å². The summed E-state index contributed by atoms with van der Waals surface area (Å²) in [6.07, 6.45) is 3.76. The summed E-state index contributed by atoms with van der Waals surface area (Å²) in [4.78, 5) is 8.78. The Labute approximate surface area is 598 Å². The molecule has 0 aliphatic carbocycles. The van der Waals surface area contributed by atoms with Gasteiger partial charge in [-0.25, -0.2) is 0 Å². The molecule has 0 unspecified atom stereocenters.